The van der Waals surface area contributed by atoms with Crippen LogP contribution < -0.4 is 0 Å². The molecule has 0 aromatic rings. The van der Waals surface area contributed by atoms with Crippen LogP contribution in [0.1, 0.15) is 44.9 Å². The summed E-state index contributed by atoms with van der Waals surface area (Å²) in [5.41, 5.74) is -0.501. The normalized spacial score (nSPS) is 29.6. The van der Waals surface area contributed by atoms with E-state index in [0.29, 0.717) is 50.9 Å². The molecule has 1 spiro atoms. The molecule has 0 aromatic heterocycles. The first kappa shape index (κ1) is 25.1. The molecule has 4 rings (SSSR count). The van der Waals surface area contributed by atoms with Gasteiger partial charge in [-0.1, -0.05) is 24.3 Å². The summed E-state index contributed by atoms with van der Waals surface area (Å²) in [6.45, 7) is 0.365. The van der Waals surface area contributed by atoms with Gasteiger partial charge in [0.25, 0.3) is 11.8 Å². The van der Waals surface area contributed by atoms with Crippen molar-refractivity contribution in [3.8, 4) is 0 Å². The van der Waals surface area contributed by atoms with Gasteiger partial charge in [-0.25, -0.2) is 4.39 Å². The van der Waals surface area contributed by atoms with Gasteiger partial charge in [-0.3, -0.25) is 19.4 Å². The molecule has 0 radical (unpaired) electrons. The summed E-state index contributed by atoms with van der Waals surface area (Å²) in [6, 6.07) is 0. The lowest BCUT2D eigenvalue weighted by Crippen LogP contribution is -2.55. The van der Waals surface area contributed by atoms with Crippen LogP contribution in [0.15, 0.2) is 47.7 Å². The van der Waals surface area contributed by atoms with Crippen molar-refractivity contribution in [2.24, 2.45) is 0 Å². The van der Waals surface area contributed by atoms with Gasteiger partial charge in [0, 0.05) is 25.0 Å². The zero-order valence-corrected chi connectivity index (χ0v) is 20.1. The Labute approximate surface area is 204 Å². The number of alkyl halides is 2. The number of hydrogen-bond acceptors (Lipinski definition) is 5. The number of aliphatic hydroxyl groups is 2. The molecule has 2 aliphatic carbocycles. The Kier molecular flexibility index (Phi) is 7.62. The first-order valence-corrected chi connectivity index (χ1v) is 12.5. The lowest BCUT2D eigenvalue weighted by Gasteiger charge is -2.41. The smallest absolute Gasteiger partial charge is 0.272 e. The molecule has 0 bridgehead atoms. The van der Waals surface area contributed by atoms with Crippen LogP contribution in [0.5, 0.6) is 0 Å². The third-order valence-electron chi connectivity index (χ3n) is 7.21. The molecule has 2 saturated carbocycles. The highest BCUT2D eigenvalue weighted by atomic mass is 35.5. The van der Waals surface area contributed by atoms with Crippen LogP contribution in [0.2, 0.25) is 0 Å². The zero-order valence-electron chi connectivity index (χ0n) is 19.3. The molecule has 7 nitrogen and oxygen atoms in total. The Morgan fingerprint density at radius 2 is 1.97 bits per heavy atom. The summed E-state index contributed by atoms with van der Waals surface area (Å²) in [5, 5.41) is 21.4. The number of hydrogen-bond donors (Lipinski definition) is 2. The summed E-state index contributed by atoms with van der Waals surface area (Å²) in [4.78, 5) is 32.0. The summed E-state index contributed by atoms with van der Waals surface area (Å²) < 4.78 is 12.6. The number of aliphatic hydroxyl groups excluding tert-OH is 1. The monoisotopic (exact) mass is 493 g/mol. The van der Waals surface area contributed by atoms with Gasteiger partial charge in [-0.05, 0) is 56.6 Å². The summed E-state index contributed by atoms with van der Waals surface area (Å²) >= 11 is 5.84. The molecular formula is C25H33ClFN3O4. The zero-order chi connectivity index (χ0) is 24.3. The predicted octanol–water partition coefficient (Wildman–Crippen LogP) is 2.61. The van der Waals surface area contributed by atoms with Gasteiger partial charge in [0.2, 0.25) is 0 Å². The van der Waals surface area contributed by atoms with Crippen molar-refractivity contribution in [3.05, 3.63) is 47.7 Å². The Morgan fingerprint density at radius 3 is 2.62 bits per heavy atom. The van der Waals surface area contributed by atoms with E-state index in [2.05, 4.69) is 0 Å². The number of β-amino-alcohol motifs (C(OH)–C–C–N with tert-alkyl or cyclic N) is 1. The van der Waals surface area contributed by atoms with E-state index < -0.39 is 24.2 Å². The van der Waals surface area contributed by atoms with E-state index in [1.54, 1.807) is 32.9 Å². The minimum Gasteiger partial charge on any atom is -0.388 e. The summed E-state index contributed by atoms with van der Waals surface area (Å²) in [7, 11) is 0. The minimum atomic E-state index is -1.03. The van der Waals surface area contributed by atoms with E-state index in [-0.39, 0.29) is 24.2 Å². The van der Waals surface area contributed by atoms with Crippen molar-refractivity contribution in [1.82, 2.24) is 14.7 Å². The van der Waals surface area contributed by atoms with Crippen LogP contribution in [-0.2, 0) is 9.59 Å². The van der Waals surface area contributed by atoms with Crippen molar-refractivity contribution in [2.75, 3.05) is 32.2 Å². The molecular weight excluding hydrogens is 461 g/mol. The first-order chi connectivity index (χ1) is 16.3. The first-order valence-electron chi connectivity index (χ1n) is 12.0. The van der Waals surface area contributed by atoms with Gasteiger partial charge >= 0.3 is 0 Å². The van der Waals surface area contributed by atoms with Crippen LogP contribution in [-0.4, -0.2) is 86.4 Å². The highest BCUT2D eigenvalue weighted by Crippen LogP contribution is 2.49. The van der Waals surface area contributed by atoms with Gasteiger partial charge < -0.3 is 15.1 Å². The molecule has 2 heterocycles. The molecule has 1 atom stereocenters. The molecule has 4 aliphatic rings. The fourth-order valence-corrected chi connectivity index (χ4v) is 5.47. The second kappa shape index (κ2) is 10.3. The molecule has 2 N–H and O–H groups in total. The number of carbonyl (C=O) groups excluding carboxylic acids is 2. The number of rotatable bonds is 7. The van der Waals surface area contributed by atoms with E-state index in [4.69, 9.17) is 11.6 Å². The van der Waals surface area contributed by atoms with Gasteiger partial charge in [-0.15, -0.1) is 11.6 Å². The van der Waals surface area contributed by atoms with Crippen LogP contribution in [0, 0.1) is 0 Å². The lowest BCUT2D eigenvalue weighted by atomic mass is 10.0. The van der Waals surface area contributed by atoms with Crippen molar-refractivity contribution in [2.45, 2.75) is 62.4 Å². The number of nitrogens with zero attached hydrogens (tertiary/aromatic N) is 3. The molecule has 3 fully saturated rings. The van der Waals surface area contributed by atoms with Gasteiger partial charge in [0.15, 0.2) is 0 Å². The number of amides is 2. The van der Waals surface area contributed by atoms with E-state index in [1.165, 1.54) is 18.2 Å². The Hall–Kier alpha value is -2.00. The third kappa shape index (κ3) is 5.00. The van der Waals surface area contributed by atoms with Crippen molar-refractivity contribution in [1.29, 1.82) is 0 Å². The molecule has 1 saturated heterocycles. The quantitative estimate of drug-likeness (QED) is 0.421. The number of fused-ring (bicyclic) bond motifs is 2. The Balaban J connectivity index is 1.62. The predicted molar refractivity (Wildman–Crippen MR) is 127 cm³/mol. The maximum atomic E-state index is 13.5. The topological polar surface area (TPSA) is 84.3 Å². The Bertz CT molecular complexity index is 921. The van der Waals surface area contributed by atoms with Crippen LogP contribution >= 0.6 is 11.6 Å². The minimum absolute atomic E-state index is 0.217. The molecule has 2 aliphatic heterocycles. The fourth-order valence-electron chi connectivity index (χ4n) is 5.27. The molecule has 9 heteroatoms. The van der Waals surface area contributed by atoms with Gasteiger partial charge in [-0.2, -0.15) is 0 Å². The van der Waals surface area contributed by atoms with Crippen LogP contribution in [0.25, 0.3) is 0 Å². The lowest BCUT2D eigenvalue weighted by molar-refractivity contribution is -0.138. The second-order valence-corrected chi connectivity index (χ2v) is 9.90. The number of allylic oxidation sites excluding steroid dienone is 2. The maximum Gasteiger partial charge on any atom is 0.272 e. The van der Waals surface area contributed by atoms with Crippen molar-refractivity contribution < 1.29 is 24.2 Å². The summed E-state index contributed by atoms with van der Waals surface area (Å²) in [6.07, 6.45) is 13.2. The van der Waals surface area contributed by atoms with E-state index >= 15 is 0 Å². The molecule has 1 unspecified atom stereocenters. The SMILES string of the molecule is O=C1/C2=C\CCN(CC(/C=C\CF)=C/CCl)C(O)/C=C/C(=O)N2C2(CCCC2)N1CC1(O)CC1. The van der Waals surface area contributed by atoms with E-state index in [9.17, 15) is 24.2 Å². The van der Waals surface area contributed by atoms with E-state index in [1.807, 2.05) is 0 Å². The van der Waals surface area contributed by atoms with Crippen molar-refractivity contribution in [3.63, 3.8) is 0 Å². The van der Waals surface area contributed by atoms with Crippen molar-refractivity contribution >= 4 is 23.4 Å². The molecule has 0 aromatic carbocycles. The number of halogens is 2. The van der Waals surface area contributed by atoms with Gasteiger partial charge in [0.05, 0.1) is 12.1 Å². The van der Waals surface area contributed by atoms with Gasteiger partial charge in [0.1, 0.15) is 24.3 Å². The Morgan fingerprint density at radius 1 is 1.24 bits per heavy atom. The largest absolute Gasteiger partial charge is 0.388 e. The van der Waals surface area contributed by atoms with Crippen LogP contribution in [0.3, 0.4) is 0 Å². The molecule has 2 amide bonds. The third-order valence-corrected chi connectivity index (χ3v) is 7.37. The highest BCUT2D eigenvalue weighted by molar-refractivity contribution is 6.19. The molecule has 186 valence electrons. The van der Waals surface area contributed by atoms with Crippen LogP contribution in [0.4, 0.5) is 4.39 Å². The summed E-state index contributed by atoms with van der Waals surface area (Å²) in [5.74, 6) is -0.311. The maximum absolute atomic E-state index is 13.5. The number of carbonyl (C=O) groups is 2. The average molecular weight is 494 g/mol. The average Bonchev–Trinajstić information content (AvgIpc) is 3.26. The highest BCUT2D eigenvalue weighted by Gasteiger charge is 2.59. The molecule has 34 heavy (non-hydrogen) atoms. The second-order valence-electron chi connectivity index (χ2n) is 9.59. The fraction of sp³-hybridized carbons (Fsp3) is 0.600. The van der Waals surface area contributed by atoms with E-state index in [0.717, 1.165) is 18.4 Å². The standard InChI is InChI=1S/C25H33ClFN3O4/c26-14-9-19(5-3-15-27)17-28-16-4-6-20-23(33)29(18-24(34)12-13-24)25(10-1-2-11-25)30(20)22(32)8-7-21(28)31/h3,5-9,21,31,34H,1-2,4,10-18H2/b5-3-,8-7+,19-9+,20-6+.